The van der Waals surface area contributed by atoms with Crippen molar-refractivity contribution in [2.45, 2.75) is 57.5 Å². The van der Waals surface area contributed by atoms with Gasteiger partial charge in [0.05, 0.1) is 5.75 Å². The van der Waals surface area contributed by atoms with E-state index in [0.717, 1.165) is 12.8 Å². The van der Waals surface area contributed by atoms with E-state index in [-0.39, 0.29) is 29.9 Å². The van der Waals surface area contributed by atoms with Crippen LogP contribution in [0.25, 0.3) is 0 Å². The predicted octanol–water partition coefficient (Wildman–Crippen LogP) is 0.471. The maximum absolute atomic E-state index is 12.8. The number of hydrogen-bond donors (Lipinski definition) is 1. The number of carbonyl (C=O) groups excluding carboxylic acids is 2. The predicted molar refractivity (Wildman–Crippen MR) is 79.5 cm³/mol. The van der Waals surface area contributed by atoms with Crippen molar-refractivity contribution in [3.63, 3.8) is 0 Å². The highest BCUT2D eigenvalue weighted by Gasteiger charge is 2.55. The molecular weight excluding hydrogens is 292 g/mol. The molecule has 7 heteroatoms. The normalized spacial score (nSPS) is 24.4. The molecule has 2 aliphatic rings. The van der Waals surface area contributed by atoms with E-state index in [9.17, 15) is 18.0 Å². The highest BCUT2D eigenvalue weighted by atomic mass is 32.2. The number of rotatable bonds is 4. The summed E-state index contributed by atoms with van der Waals surface area (Å²) < 4.78 is 23.4. The molecular formula is C14H24N2O4S. The molecule has 1 saturated heterocycles. The molecule has 0 aromatic heterocycles. The van der Waals surface area contributed by atoms with Crippen LogP contribution in [0.2, 0.25) is 0 Å². The van der Waals surface area contributed by atoms with Crippen molar-refractivity contribution in [1.29, 1.82) is 0 Å². The number of nitrogens with zero attached hydrogens (tertiary/aromatic N) is 1. The minimum absolute atomic E-state index is 0.0484. The smallest absolute Gasteiger partial charge is 0.249 e. The Morgan fingerprint density at radius 2 is 1.76 bits per heavy atom. The van der Waals surface area contributed by atoms with Gasteiger partial charge < -0.3 is 10.2 Å². The SMILES string of the molecule is CCS(=O)(=O)CCN1C(=O)C2(CCCC2)NC(=O)C1(C)C. The summed E-state index contributed by atoms with van der Waals surface area (Å²) in [6.07, 6.45) is 3.11. The fourth-order valence-electron chi connectivity index (χ4n) is 3.13. The second kappa shape index (κ2) is 5.26. The van der Waals surface area contributed by atoms with Crippen molar-refractivity contribution in [3.8, 4) is 0 Å². The topological polar surface area (TPSA) is 83.6 Å². The van der Waals surface area contributed by atoms with Crippen LogP contribution in [0.4, 0.5) is 0 Å². The fourth-order valence-corrected chi connectivity index (χ4v) is 3.88. The van der Waals surface area contributed by atoms with E-state index in [1.54, 1.807) is 20.8 Å². The highest BCUT2D eigenvalue weighted by Crippen LogP contribution is 2.37. The van der Waals surface area contributed by atoms with E-state index in [0.29, 0.717) is 12.8 Å². The molecule has 2 fully saturated rings. The maximum atomic E-state index is 12.8. The summed E-state index contributed by atoms with van der Waals surface area (Å²) in [5.41, 5.74) is -1.81. The molecule has 0 unspecified atom stereocenters. The van der Waals surface area contributed by atoms with Crippen LogP contribution in [-0.2, 0) is 19.4 Å². The summed E-state index contributed by atoms with van der Waals surface area (Å²) >= 11 is 0. The summed E-state index contributed by atoms with van der Waals surface area (Å²) in [5, 5.41) is 2.89. The Balaban J connectivity index is 2.26. The van der Waals surface area contributed by atoms with E-state index >= 15 is 0 Å². The number of amides is 2. The van der Waals surface area contributed by atoms with Crippen molar-refractivity contribution in [2.24, 2.45) is 0 Å². The second-order valence-corrected chi connectivity index (χ2v) is 8.97. The summed E-state index contributed by atoms with van der Waals surface area (Å²) in [5.74, 6) is -0.372. The minimum atomic E-state index is -3.17. The van der Waals surface area contributed by atoms with Crippen LogP contribution in [0, 0.1) is 0 Å². The molecule has 1 aliphatic heterocycles. The van der Waals surface area contributed by atoms with Crippen LogP contribution in [0.5, 0.6) is 0 Å². The zero-order chi connectivity index (χ0) is 15.9. The highest BCUT2D eigenvalue weighted by molar-refractivity contribution is 7.91. The molecule has 120 valence electrons. The van der Waals surface area contributed by atoms with Gasteiger partial charge in [-0.3, -0.25) is 9.59 Å². The molecule has 0 aromatic carbocycles. The maximum Gasteiger partial charge on any atom is 0.249 e. The summed E-state index contributed by atoms with van der Waals surface area (Å²) in [7, 11) is -3.17. The molecule has 0 aromatic rings. The minimum Gasteiger partial charge on any atom is -0.340 e. The first kappa shape index (κ1) is 16.3. The van der Waals surface area contributed by atoms with E-state index in [4.69, 9.17) is 0 Å². The lowest BCUT2D eigenvalue weighted by Crippen LogP contribution is -2.73. The zero-order valence-corrected chi connectivity index (χ0v) is 13.8. The molecule has 0 radical (unpaired) electrons. The Bertz CT molecular complexity index is 547. The van der Waals surface area contributed by atoms with Crippen LogP contribution >= 0.6 is 0 Å². The first-order chi connectivity index (χ1) is 9.65. The summed E-state index contributed by atoms with van der Waals surface area (Å²) in [4.78, 5) is 26.7. The average Bonchev–Trinajstić information content (AvgIpc) is 2.86. The number of hydrogen-bond acceptors (Lipinski definition) is 4. The van der Waals surface area contributed by atoms with Gasteiger partial charge in [-0.05, 0) is 26.7 Å². The van der Waals surface area contributed by atoms with Gasteiger partial charge in [-0.2, -0.15) is 0 Å². The molecule has 1 saturated carbocycles. The van der Waals surface area contributed by atoms with Gasteiger partial charge in [-0.15, -0.1) is 0 Å². The molecule has 2 amide bonds. The second-order valence-electron chi connectivity index (χ2n) is 6.50. The first-order valence-corrected chi connectivity index (χ1v) is 9.32. The molecule has 1 heterocycles. The Labute approximate surface area is 126 Å². The van der Waals surface area contributed by atoms with E-state index in [1.807, 2.05) is 0 Å². The monoisotopic (exact) mass is 316 g/mol. The van der Waals surface area contributed by atoms with E-state index in [2.05, 4.69) is 5.32 Å². The lowest BCUT2D eigenvalue weighted by Gasteiger charge is -2.48. The largest absolute Gasteiger partial charge is 0.340 e. The third kappa shape index (κ3) is 2.80. The Hall–Kier alpha value is -1.11. The van der Waals surface area contributed by atoms with Gasteiger partial charge in [0.15, 0.2) is 9.84 Å². The van der Waals surface area contributed by atoms with E-state index in [1.165, 1.54) is 4.90 Å². The zero-order valence-electron chi connectivity index (χ0n) is 12.9. The summed E-state index contributed by atoms with van der Waals surface area (Å²) in [6, 6.07) is 0. The van der Waals surface area contributed by atoms with Crippen molar-refractivity contribution >= 4 is 21.7 Å². The van der Waals surface area contributed by atoms with Crippen LogP contribution in [-0.4, -0.2) is 54.3 Å². The van der Waals surface area contributed by atoms with Crippen molar-refractivity contribution < 1.29 is 18.0 Å². The fraction of sp³-hybridized carbons (Fsp3) is 0.857. The van der Waals surface area contributed by atoms with Gasteiger partial charge in [0, 0.05) is 12.3 Å². The lowest BCUT2D eigenvalue weighted by atomic mass is 9.86. The Morgan fingerprint density at radius 3 is 2.29 bits per heavy atom. The Morgan fingerprint density at radius 1 is 1.19 bits per heavy atom. The van der Waals surface area contributed by atoms with Gasteiger partial charge >= 0.3 is 0 Å². The third-order valence-electron chi connectivity index (χ3n) is 4.76. The van der Waals surface area contributed by atoms with Gasteiger partial charge in [-0.25, -0.2) is 8.42 Å². The van der Waals surface area contributed by atoms with Crippen molar-refractivity contribution in [3.05, 3.63) is 0 Å². The number of sulfone groups is 1. The number of carbonyl (C=O) groups is 2. The van der Waals surface area contributed by atoms with Crippen LogP contribution < -0.4 is 5.32 Å². The molecule has 2 rings (SSSR count). The number of nitrogens with one attached hydrogen (secondary N) is 1. The first-order valence-electron chi connectivity index (χ1n) is 7.50. The van der Waals surface area contributed by atoms with Gasteiger partial charge in [0.2, 0.25) is 11.8 Å². The van der Waals surface area contributed by atoms with Crippen LogP contribution in [0.1, 0.15) is 46.5 Å². The molecule has 21 heavy (non-hydrogen) atoms. The Kier molecular flexibility index (Phi) is 4.08. The molecule has 6 nitrogen and oxygen atoms in total. The molecule has 0 bridgehead atoms. The standard InChI is InChI=1S/C14H24N2O4S/c1-4-21(19,20)10-9-16-12(18)14(7-5-6-8-14)15-11(17)13(16,2)3/h4-10H2,1-3H3,(H,15,17). The van der Waals surface area contributed by atoms with Crippen LogP contribution in [0.3, 0.4) is 0 Å². The molecule has 0 atom stereocenters. The molecule has 1 N–H and O–H groups in total. The van der Waals surface area contributed by atoms with Crippen molar-refractivity contribution in [2.75, 3.05) is 18.1 Å². The third-order valence-corrected chi connectivity index (χ3v) is 6.44. The van der Waals surface area contributed by atoms with Gasteiger partial charge in [0.25, 0.3) is 0 Å². The lowest BCUT2D eigenvalue weighted by molar-refractivity contribution is -0.160. The van der Waals surface area contributed by atoms with Crippen LogP contribution in [0.15, 0.2) is 0 Å². The summed E-state index contributed by atoms with van der Waals surface area (Å²) in [6.45, 7) is 5.00. The van der Waals surface area contributed by atoms with Gasteiger partial charge in [-0.1, -0.05) is 19.8 Å². The number of piperazine rings is 1. The van der Waals surface area contributed by atoms with E-state index < -0.39 is 20.9 Å². The quantitative estimate of drug-likeness (QED) is 0.817. The average molecular weight is 316 g/mol. The van der Waals surface area contributed by atoms with Crippen molar-refractivity contribution in [1.82, 2.24) is 10.2 Å². The van der Waals surface area contributed by atoms with Gasteiger partial charge in [0.1, 0.15) is 11.1 Å². The molecule has 1 spiro atoms. The molecule has 1 aliphatic carbocycles.